The van der Waals surface area contributed by atoms with Crippen LogP contribution in [0, 0.1) is 0 Å². The van der Waals surface area contributed by atoms with E-state index < -0.39 is 11.2 Å². The van der Waals surface area contributed by atoms with Crippen molar-refractivity contribution in [2.24, 2.45) is 0 Å². The summed E-state index contributed by atoms with van der Waals surface area (Å²) in [6.07, 6.45) is 2.71. The molecule has 1 aromatic rings. The van der Waals surface area contributed by atoms with Crippen LogP contribution in [0.3, 0.4) is 0 Å². The molecule has 0 radical (unpaired) electrons. The summed E-state index contributed by atoms with van der Waals surface area (Å²) in [4.78, 5) is 14.0. The summed E-state index contributed by atoms with van der Waals surface area (Å²) >= 11 is 6.56. The molecule has 0 saturated heterocycles. The van der Waals surface area contributed by atoms with Crippen LogP contribution in [0.15, 0.2) is 41.8 Å². The van der Waals surface area contributed by atoms with Crippen molar-refractivity contribution < 1.29 is 28.5 Å². The zero-order chi connectivity index (χ0) is 19.6. The van der Waals surface area contributed by atoms with Gasteiger partial charge in [0.15, 0.2) is 11.5 Å². The van der Waals surface area contributed by atoms with Crippen molar-refractivity contribution >= 4 is 23.2 Å². The summed E-state index contributed by atoms with van der Waals surface area (Å²) in [7, 11) is 4.46. The van der Waals surface area contributed by atoms with Crippen molar-refractivity contribution in [3.8, 4) is 11.5 Å². The number of carbonyl (C=O) groups excluding carboxylic acids is 1. The van der Waals surface area contributed by atoms with Gasteiger partial charge in [-0.1, -0.05) is 11.6 Å². The second-order valence-electron chi connectivity index (χ2n) is 5.99. The van der Waals surface area contributed by atoms with Crippen LogP contribution in [-0.4, -0.2) is 51.6 Å². The molecule has 1 heterocycles. The molecule has 1 aliphatic heterocycles. The topological polar surface area (TPSA) is 66.5 Å². The molecule has 1 aromatic carbocycles. The number of nitrogens with zero attached hydrogens (tertiary/aromatic N) is 1. The lowest BCUT2D eigenvalue weighted by Crippen LogP contribution is -2.45. The van der Waals surface area contributed by atoms with Gasteiger partial charge >= 0.3 is 0 Å². The quantitative estimate of drug-likeness (QED) is 0.714. The number of methoxy groups -OCH3 is 3. The fourth-order valence-corrected chi connectivity index (χ4v) is 3.42. The summed E-state index contributed by atoms with van der Waals surface area (Å²) in [6, 6.07) is 5.33. The van der Waals surface area contributed by atoms with Crippen molar-refractivity contribution in [2.45, 2.75) is 18.1 Å². The minimum absolute atomic E-state index is 0.195. The molecule has 0 fully saturated rings. The first kappa shape index (κ1) is 19.5. The van der Waals surface area contributed by atoms with Crippen molar-refractivity contribution in [2.75, 3.05) is 39.4 Å². The number of halogens is 1. The van der Waals surface area contributed by atoms with Crippen molar-refractivity contribution in [1.29, 1.82) is 0 Å². The van der Waals surface area contributed by atoms with Crippen LogP contribution in [0.4, 0.5) is 5.69 Å². The number of benzene rings is 1. The molecular weight excluding hydrogens is 374 g/mol. The van der Waals surface area contributed by atoms with Gasteiger partial charge < -0.3 is 23.7 Å². The highest BCUT2D eigenvalue weighted by atomic mass is 35.5. The van der Waals surface area contributed by atoms with Gasteiger partial charge in [0.25, 0.3) is 0 Å². The van der Waals surface area contributed by atoms with E-state index in [9.17, 15) is 4.79 Å². The van der Waals surface area contributed by atoms with Gasteiger partial charge in [-0.15, -0.1) is 0 Å². The molecule has 1 amide bonds. The number of alkyl halides is 1. The molecule has 3 rings (SSSR count). The molecule has 0 aromatic heterocycles. The van der Waals surface area contributed by atoms with E-state index in [0.29, 0.717) is 41.9 Å². The maximum atomic E-state index is 12.5. The highest BCUT2D eigenvalue weighted by molar-refractivity contribution is 6.25. The molecule has 146 valence electrons. The Hall–Kier alpha value is -2.22. The Labute approximate surface area is 163 Å². The molecule has 0 bridgehead atoms. The Morgan fingerprint density at radius 3 is 2.52 bits per heavy atom. The predicted molar refractivity (Wildman–Crippen MR) is 100 cm³/mol. The predicted octanol–water partition coefficient (Wildman–Crippen LogP) is 2.84. The Morgan fingerprint density at radius 1 is 1.22 bits per heavy atom. The smallest absolute Gasteiger partial charge is 0.228 e. The third-order valence-corrected chi connectivity index (χ3v) is 4.99. The van der Waals surface area contributed by atoms with Crippen LogP contribution in [0.2, 0.25) is 0 Å². The molecule has 8 heteroatoms. The summed E-state index contributed by atoms with van der Waals surface area (Å²) < 4.78 is 27.5. The van der Waals surface area contributed by atoms with Crippen LogP contribution in [0.25, 0.3) is 0 Å². The van der Waals surface area contributed by atoms with Gasteiger partial charge in [0.2, 0.25) is 11.0 Å². The van der Waals surface area contributed by atoms with Crippen molar-refractivity contribution in [3.63, 3.8) is 0 Å². The Balaban J connectivity index is 2.05. The van der Waals surface area contributed by atoms with E-state index >= 15 is 0 Å². The number of ether oxygens (including phenoxy) is 5. The Bertz CT molecular complexity index is 792. The van der Waals surface area contributed by atoms with E-state index in [4.69, 9.17) is 35.3 Å². The van der Waals surface area contributed by atoms with Crippen LogP contribution >= 0.6 is 11.6 Å². The molecule has 0 spiro atoms. The maximum absolute atomic E-state index is 12.5. The van der Waals surface area contributed by atoms with Crippen LogP contribution in [-0.2, 0) is 19.0 Å². The molecule has 2 atom stereocenters. The second kappa shape index (κ2) is 7.80. The summed E-state index contributed by atoms with van der Waals surface area (Å²) in [5.41, 5.74) is 1.18. The van der Waals surface area contributed by atoms with Crippen LogP contribution < -0.4 is 14.4 Å². The lowest BCUT2D eigenvalue weighted by Gasteiger charge is -2.37. The van der Waals surface area contributed by atoms with Gasteiger partial charge in [0.05, 0.1) is 18.5 Å². The van der Waals surface area contributed by atoms with Crippen LogP contribution in [0.1, 0.15) is 6.92 Å². The fraction of sp³-hybridized carbons (Fsp3) is 0.421. The molecule has 0 saturated carbocycles. The Kier molecular flexibility index (Phi) is 5.64. The van der Waals surface area contributed by atoms with E-state index in [-0.39, 0.29) is 5.91 Å². The summed E-state index contributed by atoms with van der Waals surface area (Å²) in [6.45, 7) is 2.43. The number of hydrogen-bond donors (Lipinski definition) is 0. The monoisotopic (exact) mass is 395 g/mol. The molecule has 27 heavy (non-hydrogen) atoms. The van der Waals surface area contributed by atoms with E-state index in [1.54, 1.807) is 30.4 Å². The molecule has 2 unspecified atom stereocenters. The SMILES string of the molecule is COC1=CC(N(C(C)=O)c2ccc3c(c2)OCCO3)=CC(OC)C1(Cl)OC. The first-order chi connectivity index (χ1) is 12.9. The number of hydrogen-bond acceptors (Lipinski definition) is 6. The normalized spacial score (nSPS) is 24.0. The van der Waals surface area contributed by atoms with Gasteiger partial charge in [-0.2, -0.15) is 0 Å². The number of anilines is 1. The summed E-state index contributed by atoms with van der Waals surface area (Å²) in [5.74, 6) is 1.37. The summed E-state index contributed by atoms with van der Waals surface area (Å²) in [5, 5.41) is -1.32. The van der Waals surface area contributed by atoms with Crippen LogP contribution in [0.5, 0.6) is 11.5 Å². The number of fused-ring (bicyclic) bond motifs is 1. The van der Waals surface area contributed by atoms with Gasteiger partial charge in [-0.05, 0) is 18.2 Å². The molecule has 7 nitrogen and oxygen atoms in total. The van der Waals surface area contributed by atoms with Gasteiger partial charge in [-0.25, -0.2) is 0 Å². The van der Waals surface area contributed by atoms with Crippen molar-refractivity contribution in [1.82, 2.24) is 0 Å². The zero-order valence-electron chi connectivity index (χ0n) is 15.7. The van der Waals surface area contributed by atoms with E-state index in [2.05, 4.69) is 0 Å². The minimum Gasteiger partial charge on any atom is -0.496 e. The number of amides is 1. The van der Waals surface area contributed by atoms with Crippen molar-refractivity contribution in [3.05, 3.63) is 41.8 Å². The molecule has 2 aliphatic rings. The van der Waals surface area contributed by atoms with E-state index in [1.165, 1.54) is 33.2 Å². The van der Waals surface area contributed by atoms with E-state index in [0.717, 1.165) is 0 Å². The lowest BCUT2D eigenvalue weighted by atomic mass is 10.0. The average molecular weight is 396 g/mol. The minimum atomic E-state index is -1.32. The molecule has 1 aliphatic carbocycles. The molecule has 0 N–H and O–H groups in total. The fourth-order valence-electron chi connectivity index (χ4n) is 3.14. The lowest BCUT2D eigenvalue weighted by molar-refractivity contribution is -0.116. The standard InChI is InChI=1S/C19H22ClNO6/c1-12(22)21(13-5-6-15-16(9-13)27-8-7-26-15)14-10-17(23-2)19(20,25-4)18(11-14)24-3/h5-6,9-11,17H,7-8H2,1-4H3. The second-order valence-corrected chi connectivity index (χ2v) is 6.55. The zero-order valence-corrected chi connectivity index (χ0v) is 16.4. The van der Waals surface area contributed by atoms with Gasteiger partial charge in [-0.3, -0.25) is 9.69 Å². The Morgan fingerprint density at radius 2 is 1.93 bits per heavy atom. The van der Waals surface area contributed by atoms with E-state index in [1.807, 2.05) is 0 Å². The first-order valence-corrected chi connectivity index (χ1v) is 8.77. The first-order valence-electron chi connectivity index (χ1n) is 8.39. The third kappa shape index (κ3) is 3.50. The number of rotatable bonds is 5. The van der Waals surface area contributed by atoms with Gasteiger partial charge in [0, 0.05) is 33.3 Å². The average Bonchev–Trinajstić information content (AvgIpc) is 2.68. The largest absolute Gasteiger partial charge is 0.496 e. The number of carbonyl (C=O) groups is 1. The third-order valence-electron chi connectivity index (χ3n) is 4.43. The van der Waals surface area contributed by atoms with Gasteiger partial charge in [0.1, 0.15) is 25.1 Å². The molecular formula is C19H22ClNO6. The highest BCUT2D eigenvalue weighted by Gasteiger charge is 2.45. The number of allylic oxidation sites excluding steroid dienone is 1. The highest BCUT2D eigenvalue weighted by Crippen LogP contribution is 2.40. The maximum Gasteiger partial charge on any atom is 0.228 e.